The molecular weight excluding hydrogens is 232 g/mol. The summed E-state index contributed by atoms with van der Waals surface area (Å²) in [6, 6.07) is 5.44. The summed E-state index contributed by atoms with van der Waals surface area (Å²) in [7, 11) is 0. The SMILES string of the molecule is CCOC(=O)Nc1c[nH]c2c(C)cccc2c1=O. The van der Waals surface area contributed by atoms with Gasteiger partial charge in [0.2, 0.25) is 5.43 Å². The number of fused-ring (bicyclic) bond motifs is 1. The van der Waals surface area contributed by atoms with Crippen molar-refractivity contribution in [3.05, 3.63) is 40.2 Å². The second kappa shape index (κ2) is 4.91. The number of hydrogen-bond acceptors (Lipinski definition) is 3. The molecule has 1 heterocycles. The van der Waals surface area contributed by atoms with Crippen molar-refractivity contribution in [2.75, 3.05) is 11.9 Å². The van der Waals surface area contributed by atoms with Crippen LogP contribution in [-0.2, 0) is 4.74 Å². The molecule has 1 aromatic heterocycles. The van der Waals surface area contributed by atoms with Crippen LogP contribution in [0.2, 0.25) is 0 Å². The van der Waals surface area contributed by atoms with Crippen LogP contribution in [0, 0.1) is 6.92 Å². The number of benzene rings is 1. The molecule has 0 radical (unpaired) electrons. The molecule has 0 spiro atoms. The van der Waals surface area contributed by atoms with Crippen molar-refractivity contribution in [1.82, 2.24) is 4.98 Å². The van der Waals surface area contributed by atoms with E-state index in [0.717, 1.165) is 11.1 Å². The maximum absolute atomic E-state index is 12.1. The lowest BCUT2D eigenvalue weighted by Crippen LogP contribution is -2.19. The molecule has 0 saturated carbocycles. The number of ether oxygens (including phenoxy) is 1. The van der Waals surface area contributed by atoms with Crippen LogP contribution >= 0.6 is 0 Å². The van der Waals surface area contributed by atoms with Gasteiger partial charge < -0.3 is 9.72 Å². The van der Waals surface area contributed by atoms with Crippen molar-refractivity contribution in [3.8, 4) is 0 Å². The Morgan fingerprint density at radius 1 is 1.44 bits per heavy atom. The van der Waals surface area contributed by atoms with Crippen LogP contribution in [0.25, 0.3) is 10.9 Å². The van der Waals surface area contributed by atoms with E-state index in [1.54, 1.807) is 19.1 Å². The fourth-order valence-electron chi connectivity index (χ4n) is 1.77. The zero-order valence-corrected chi connectivity index (χ0v) is 10.2. The normalized spacial score (nSPS) is 10.3. The number of aromatic amines is 1. The molecule has 5 heteroatoms. The number of aromatic nitrogens is 1. The van der Waals surface area contributed by atoms with Crippen LogP contribution in [-0.4, -0.2) is 17.7 Å². The Balaban J connectivity index is 2.46. The number of carbonyl (C=O) groups is 1. The Morgan fingerprint density at radius 2 is 2.22 bits per heavy atom. The second-order valence-electron chi connectivity index (χ2n) is 3.87. The molecule has 2 rings (SSSR count). The number of para-hydroxylation sites is 1. The minimum absolute atomic E-state index is 0.187. The second-order valence-corrected chi connectivity index (χ2v) is 3.87. The number of rotatable bonds is 2. The van der Waals surface area contributed by atoms with Crippen LogP contribution in [0.15, 0.2) is 29.2 Å². The molecule has 0 bridgehead atoms. The number of H-pyrrole nitrogens is 1. The van der Waals surface area contributed by atoms with E-state index in [2.05, 4.69) is 10.3 Å². The maximum atomic E-state index is 12.1. The van der Waals surface area contributed by atoms with Crippen molar-refractivity contribution in [2.45, 2.75) is 13.8 Å². The van der Waals surface area contributed by atoms with Gasteiger partial charge in [-0.05, 0) is 25.5 Å². The molecule has 0 aliphatic heterocycles. The summed E-state index contributed by atoms with van der Waals surface area (Å²) in [5.41, 5.74) is 1.72. The standard InChI is InChI=1S/C13H14N2O3/c1-3-18-13(17)15-10-7-14-11-8(2)5-4-6-9(11)12(10)16/h4-7H,3H2,1-2H3,(H,14,16)(H,15,17). The Bertz CT molecular complexity index is 646. The van der Waals surface area contributed by atoms with E-state index < -0.39 is 6.09 Å². The Labute approximate surface area is 104 Å². The minimum Gasteiger partial charge on any atom is -0.450 e. The average molecular weight is 246 g/mol. The molecule has 0 aliphatic rings. The van der Waals surface area contributed by atoms with Gasteiger partial charge in [-0.2, -0.15) is 0 Å². The summed E-state index contributed by atoms with van der Waals surface area (Å²) < 4.78 is 4.73. The molecule has 1 aromatic carbocycles. The highest BCUT2D eigenvalue weighted by atomic mass is 16.5. The lowest BCUT2D eigenvalue weighted by atomic mass is 10.1. The quantitative estimate of drug-likeness (QED) is 0.854. The summed E-state index contributed by atoms with van der Waals surface area (Å²) >= 11 is 0. The van der Waals surface area contributed by atoms with Gasteiger partial charge in [-0.1, -0.05) is 12.1 Å². The fourth-order valence-corrected chi connectivity index (χ4v) is 1.77. The van der Waals surface area contributed by atoms with E-state index in [0.29, 0.717) is 5.39 Å². The molecule has 1 amide bonds. The first-order valence-electron chi connectivity index (χ1n) is 5.68. The molecule has 94 valence electrons. The lowest BCUT2D eigenvalue weighted by molar-refractivity contribution is 0.168. The fraction of sp³-hybridized carbons (Fsp3) is 0.231. The number of nitrogens with one attached hydrogen (secondary N) is 2. The summed E-state index contributed by atoms with van der Waals surface area (Å²) in [6.07, 6.45) is 0.851. The van der Waals surface area contributed by atoms with Gasteiger partial charge in [0.15, 0.2) is 0 Å². The van der Waals surface area contributed by atoms with Gasteiger partial charge in [-0.3, -0.25) is 10.1 Å². The van der Waals surface area contributed by atoms with Crippen LogP contribution in [0.1, 0.15) is 12.5 Å². The van der Waals surface area contributed by atoms with Gasteiger partial charge in [0.1, 0.15) is 5.69 Å². The summed E-state index contributed by atoms with van der Waals surface area (Å²) in [5.74, 6) is 0. The molecule has 0 aliphatic carbocycles. The van der Waals surface area contributed by atoms with Crippen molar-refractivity contribution in [1.29, 1.82) is 0 Å². The van der Waals surface area contributed by atoms with Crippen LogP contribution < -0.4 is 10.7 Å². The molecular formula is C13H14N2O3. The zero-order chi connectivity index (χ0) is 13.1. The molecule has 0 atom stereocenters. The van der Waals surface area contributed by atoms with Gasteiger partial charge in [-0.15, -0.1) is 0 Å². The topological polar surface area (TPSA) is 71.2 Å². The van der Waals surface area contributed by atoms with Crippen LogP contribution in [0.4, 0.5) is 10.5 Å². The van der Waals surface area contributed by atoms with Crippen LogP contribution in [0.3, 0.4) is 0 Å². The van der Waals surface area contributed by atoms with Gasteiger partial charge in [0, 0.05) is 11.6 Å². The van der Waals surface area contributed by atoms with Crippen molar-refractivity contribution < 1.29 is 9.53 Å². The predicted octanol–water partition coefficient (Wildman–Crippen LogP) is 2.40. The van der Waals surface area contributed by atoms with Crippen molar-refractivity contribution in [2.24, 2.45) is 0 Å². The number of hydrogen-bond donors (Lipinski definition) is 2. The zero-order valence-electron chi connectivity index (χ0n) is 10.2. The van der Waals surface area contributed by atoms with Gasteiger partial charge in [0.25, 0.3) is 0 Å². The monoisotopic (exact) mass is 246 g/mol. The van der Waals surface area contributed by atoms with E-state index in [1.165, 1.54) is 6.20 Å². The molecule has 5 nitrogen and oxygen atoms in total. The van der Waals surface area contributed by atoms with Gasteiger partial charge >= 0.3 is 6.09 Å². The molecule has 0 unspecified atom stereocenters. The number of amides is 1. The third-order valence-electron chi connectivity index (χ3n) is 2.64. The van der Waals surface area contributed by atoms with E-state index in [9.17, 15) is 9.59 Å². The third kappa shape index (κ3) is 2.20. The van der Waals surface area contributed by atoms with Crippen molar-refractivity contribution >= 4 is 22.7 Å². The largest absolute Gasteiger partial charge is 0.450 e. The first kappa shape index (κ1) is 12.2. The first-order valence-corrected chi connectivity index (χ1v) is 5.68. The summed E-state index contributed by atoms with van der Waals surface area (Å²) in [4.78, 5) is 26.4. The molecule has 2 N–H and O–H groups in total. The third-order valence-corrected chi connectivity index (χ3v) is 2.64. The highest BCUT2D eigenvalue weighted by Crippen LogP contribution is 2.14. The lowest BCUT2D eigenvalue weighted by Gasteiger charge is -2.07. The van der Waals surface area contributed by atoms with Crippen LogP contribution in [0.5, 0.6) is 0 Å². The average Bonchev–Trinajstić information content (AvgIpc) is 2.34. The highest BCUT2D eigenvalue weighted by Gasteiger charge is 2.09. The molecule has 2 aromatic rings. The summed E-state index contributed by atoms with van der Waals surface area (Å²) in [6.45, 7) is 3.88. The van der Waals surface area contributed by atoms with Gasteiger partial charge in [0.05, 0.1) is 12.1 Å². The number of carbonyl (C=O) groups excluding carboxylic acids is 1. The highest BCUT2D eigenvalue weighted by molar-refractivity contribution is 5.89. The number of pyridine rings is 1. The maximum Gasteiger partial charge on any atom is 0.411 e. The van der Waals surface area contributed by atoms with Crippen molar-refractivity contribution in [3.63, 3.8) is 0 Å². The van der Waals surface area contributed by atoms with E-state index in [1.807, 2.05) is 13.0 Å². The molecule has 0 saturated heterocycles. The molecule has 18 heavy (non-hydrogen) atoms. The smallest absolute Gasteiger partial charge is 0.411 e. The molecule has 0 fully saturated rings. The number of anilines is 1. The number of aryl methyl sites for hydroxylation is 1. The van der Waals surface area contributed by atoms with E-state index >= 15 is 0 Å². The van der Waals surface area contributed by atoms with E-state index in [4.69, 9.17) is 4.74 Å². The first-order chi connectivity index (χ1) is 8.63. The minimum atomic E-state index is -0.630. The predicted molar refractivity (Wildman–Crippen MR) is 70.0 cm³/mol. The van der Waals surface area contributed by atoms with Gasteiger partial charge in [-0.25, -0.2) is 4.79 Å². The Hall–Kier alpha value is -2.30. The van der Waals surface area contributed by atoms with E-state index in [-0.39, 0.29) is 17.7 Å². The Kier molecular flexibility index (Phi) is 3.32. The summed E-state index contributed by atoms with van der Waals surface area (Å²) in [5, 5.41) is 2.96. The Morgan fingerprint density at radius 3 is 2.94 bits per heavy atom.